The van der Waals surface area contributed by atoms with Crippen molar-refractivity contribution in [2.75, 3.05) is 38.7 Å². The van der Waals surface area contributed by atoms with Crippen molar-refractivity contribution in [2.45, 2.75) is 0 Å². The van der Waals surface area contributed by atoms with Crippen LogP contribution >= 0.6 is 0 Å². The first-order valence-corrected chi connectivity index (χ1v) is 5.01. The summed E-state index contributed by atoms with van der Waals surface area (Å²) in [6.07, 6.45) is 1.18. The summed E-state index contributed by atoms with van der Waals surface area (Å²) >= 11 is 0. The largest absolute Gasteiger partial charge is 0.490 e. The van der Waals surface area contributed by atoms with Gasteiger partial charge in [-0.15, -0.1) is 0 Å². The van der Waals surface area contributed by atoms with Gasteiger partial charge in [0.1, 0.15) is 12.4 Å². The summed E-state index contributed by atoms with van der Waals surface area (Å²) in [6, 6.07) is 3.30. The maximum Gasteiger partial charge on any atom is 0.144 e. The van der Waals surface area contributed by atoms with Gasteiger partial charge in [-0.2, -0.15) is 0 Å². The van der Waals surface area contributed by atoms with E-state index in [2.05, 4.69) is 0 Å². The minimum absolute atomic E-state index is 0.504. The van der Waals surface area contributed by atoms with Crippen LogP contribution < -0.4 is 16.2 Å². The van der Waals surface area contributed by atoms with E-state index >= 15 is 0 Å². The van der Waals surface area contributed by atoms with Gasteiger partial charge >= 0.3 is 0 Å². The number of hydrogen-bond donors (Lipinski definition) is 3. The molecule has 16 heavy (non-hydrogen) atoms. The molecule has 1 aromatic carbocycles. The summed E-state index contributed by atoms with van der Waals surface area (Å²) in [7, 11) is 3.94. The summed E-state index contributed by atoms with van der Waals surface area (Å²) in [5.74, 6) is 0.574. The van der Waals surface area contributed by atoms with Gasteiger partial charge in [0.2, 0.25) is 0 Å². The lowest BCUT2D eigenvalue weighted by Crippen LogP contribution is -2.19. The molecule has 0 unspecified atom stereocenters. The highest BCUT2D eigenvalue weighted by Crippen LogP contribution is 2.26. The van der Waals surface area contributed by atoms with Crippen molar-refractivity contribution in [3.8, 4) is 5.75 Å². The fourth-order valence-corrected chi connectivity index (χ4v) is 1.22. The topological polar surface area (TPSA) is 88.4 Å². The van der Waals surface area contributed by atoms with Crippen LogP contribution in [0, 0.1) is 5.41 Å². The van der Waals surface area contributed by atoms with Gasteiger partial charge in [0.05, 0.1) is 5.69 Å². The second-order valence-corrected chi connectivity index (χ2v) is 3.82. The number of ether oxygens (including phenoxy) is 1. The third-order valence-corrected chi connectivity index (χ3v) is 2.17. The van der Waals surface area contributed by atoms with E-state index < -0.39 is 0 Å². The van der Waals surface area contributed by atoms with Crippen molar-refractivity contribution in [3.05, 3.63) is 17.7 Å². The zero-order chi connectivity index (χ0) is 12.1. The Balaban J connectivity index is 2.73. The Morgan fingerprint density at radius 3 is 2.56 bits per heavy atom. The molecular formula is C11H18N4O. The number of nitrogens with one attached hydrogen (secondary N) is 1. The number of benzene rings is 1. The molecule has 1 aromatic rings. The number of likely N-dealkylation sites (N-methyl/N-ethyl adjacent to an activating group) is 1. The van der Waals surface area contributed by atoms with E-state index in [9.17, 15) is 0 Å². The lowest BCUT2D eigenvalue weighted by Gasteiger charge is -2.13. The van der Waals surface area contributed by atoms with Gasteiger partial charge in [-0.3, -0.25) is 0 Å². The Labute approximate surface area is 95.5 Å². The number of anilines is 2. The monoisotopic (exact) mass is 222 g/mol. The van der Waals surface area contributed by atoms with Crippen LogP contribution in [0.25, 0.3) is 0 Å². The maximum atomic E-state index is 7.14. The summed E-state index contributed by atoms with van der Waals surface area (Å²) in [5.41, 5.74) is 13.1. The first kappa shape index (κ1) is 12.3. The second-order valence-electron chi connectivity index (χ2n) is 3.82. The number of rotatable bonds is 5. The summed E-state index contributed by atoms with van der Waals surface area (Å²) in [4.78, 5) is 2.02. The summed E-state index contributed by atoms with van der Waals surface area (Å²) < 4.78 is 5.51. The van der Waals surface area contributed by atoms with Crippen LogP contribution in [0.3, 0.4) is 0 Å². The maximum absolute atomic E-state index is 7.14. The quantitative estimate of drug-likeness (QED) is 0.507. The highest BCUT2D eigenvalue weighted by molar-refractivity contribution is 5.87. The van der Waals surface area contributed by atoms with Gasteiger partial charge in [-0.1, -0.05) is 0 Å². The zero-order valence-electron chi connectivity index (χ0n) is 9.66. The molecule has 1 rings (SSSR count). The van der Waals surface area contributed by atoms with Gasteiger partial charge in [0, 0.05) is 30.1 Å². The third-order valence-electron chi connectivity index (χ3n) is 2.17. The molecule has 0 aliphatic heterocycles. The zero-order valence-corrected chi connectivity index (χ0v) is 9.66. The molecule has 0 aliphatic rings. The lowest BCUT2D eigenvalue weighted by atomic mass is 10.1. The normalized spacial score (nSPS) is 10.4. The SMILES string of the molecule is CN(C)CCOc1cc(N)c(C=N)cc1N. The van der Waals surface area contributed by atoms with Crippen molar-refractivity contribution >= 4 is 17.6 Å². The number of nitrogen functional groups attached to an aromatic ring is 2. The highest BCUT2D eigenvalue weighted by atomic mass is 16.5. The standard InChI is InChI=1S/C11H18N4O/c1-15(2)3-4-16-11-6-9(13)8(7-12)5-10(11)14/h5-7,12H,3-4,13-14H2,1-2H3. The van der Waals surface area contributed by atoms with E-state index in [4.69, 9.17) is 21.6 Å². The minimum Gasteiger partial charge on any atom is -0.490 e. The molecular weight excluding hydrogens is 204 g/mol. The van der Waals surface area contributed by atoms with Crippen LogP contribution in [0.1, 0.15) is 5.56 Å². The van der Waals surface area contributed by atoms with Crippen molar-refractivity contribution in [1.29, 1.82) is 5.41 Å². The van der Waals surface area contributed by atoms with Gasteiger partial charge in [-0.25, -0.2) is 0 Å². The first-order chi connectivity index (χ1) is 7.54. The minimum atomic E-state index is 0.504. The molecule has 5 nitrogen and oxygen atoms in total. The van der Waals surface area contributed by atoms with E-state index in [1.165, 1.54) is 6.21 Å². The number of hydrogen-bond acceptors (Lipinski definition) is 5. The summed E-state index contributed by atoms with van der Waals surface area (Å²) in [5, 5.41) is 7.14. The molecule has 0 spiro atoms. The van der Waals surface area contributed by atoms with E-state index in [-0.39, 0.29) is 0 Å². The van der Waals surface area contributed by atoms with Gasteiger partial charge in [0.15, 0.2) is 0 Å². The van der Waals surface area contributed by atoms with E-state index in [1.54, 1.807) is 12.1 Å². The molecule has 88 valence electrons. The molecule has 5 heteroatoms. The summed E-state index contributed by atoms with van der Waals surface area (Å²) in [6.45, 7) is 1.37. The van der Waals surface area contributed by atoms with E-state index in [0.29, 0.717) is 29.3 Å². The fourth-order valence-electron chi connectivity index (χ4n) is 1.22. The average Bonchev–Trinajstić information content (AvgIpc) is 2.22. The van der Waals surface area contributed by atoms with Crippen molar-refractivity contribution in [3.63, 3.8) is 0 Å². The molecule has 0 radical (unpaired) electrons. The number of nitrogens with zero attached hydrogens (tertiary/aromatic N) is 1. The molecule has 0 saturated heterocycles. The van der Waals surface area contributed by atoms with Crippen LogP contribution in [0.5, 0.6) is 5.75 Å². The Hall–Kier alpha value is -1.75. The Bertz CT molecular complexity index is 376. The van der Waals surface area contributed by atoms with Crippen LogP contribution in [0.4, 0.5) is 11.4 Å². The van der Waals surface area contributed by atoms with Gasteiger partial charge < -0.3 is 26.5 Å². The first-order valence-electron chi connectivity index (χ1n) is 5.01. The molecule has 5 N–H and O–H groups in total. The van der Waals surface area contributed by atoms with Gasteiger partial charge in [0.25, 0.3) is 0 Å². The lowest BCUT2D eigenvalue weighted by molar-refractivity contribution is 0.262. The van der Waals surface area contributed by atoms with Crippen LogP contribution in [0.2, 0.25) is 0 Å². The Morgan fingerprint density at radius 1 is 1.31 bits per heavy atom. The predicted octanol–water partition coefficient (Wildman–Crippen LogP) is 0.789. The molecule has 0 saturated carbocycles. The van der Waals surface area contributed by atoms with Crippen molar-refractivity contribution in [1.82, 2.24) is 4.90 Å². The van der Waals surface area contributed by atoms with E-state index in [1.807, 2.05) is 19.0 Å². The fraction of sp³-hybridized carbons (Fsp3) is 0.364. The average molecular weight is 222 g/mol. The highest BCUT2D eigenvalue weighted by Gasteiger charge is 2.05. The van der Waals surface area contributed by atoms with Crippen LogP contribution in [0.15, 0.2) is 12.1 Å². The Morgan fingerprint density at radius 2 is 2.00 bits per heavy atom. The molecule has 0 aliphatic carbocycles. The van der Waals surface area contributed by atoms with Crippen molar-refractivity contribution in [2.24, 2.45) is 0 Å². The molecule has 0 fully saturated rings. The predicted molar refractivity (Wildman–Crippen MR) is 67.2 cm³/mol. The van der Waals surface area contributed by atoms with Gasteiger partial charge in [-0.05, 0) is 20.2 Å². The van der Waals surface area contributed by atoms with Crippen LogP contribution in [-0.2, 0) is 0 Å². The van der Waals surface area contributed by atoms with Crippen LogP contribution in [-0.4, -0.2) is 38.4 Å². The van der Waals surface area contributed by atoms with E-state index in [0.717, 1.165) is 6.54 Å². The molecule has 0 bridgehead atoms. The molecule has 0 heterocycles. The smallest absolute Gasteiger partial charge is 0.144 e. The van der Waals surface area contributed by atoms with Crippen molar-refractivity contribution < 1.29 is 4.74 Å². The molecule has 0 amide bonds. The second kappa shape index (κ2) is 5.37. The Kier molecular flexibility index (Phi) is 4.13. The molecule has 0 aromatic heterocycles. The number of nitrogens with two attached hydrogens (primary N) is 2. The molecule has 0 atom stereocenters. The third kappa shape index (κ3) is 3.13.